The van der Waals surface area contributed by atoms with Gasteiger partial charge in [-0.05, 0) is 68.6 Å². The third kappa shape index (κ3) is 7.18. The number of rotatable bonds is 11. The molecule has 2 N–H and O–H groups in total. The molecule has 1 amide bonds. The zero-order valence-electron chi connectivity index (χ0n) is 23.7. The van der Waals surface area contributed by atoms with Gasteiger partial charge in [0.15, 0.2) is 5.75 Å². The van der Waals surface area contributed by atoms with Gasteiger partial charge in [-0.2, -0.15) is 13.9 Å². The molecule has 1 saturated carbocycles. The lowest BCUT2D eigenvalue weighted by molar-refractivity contribution is -0.146. The lowest BCUT2D eigenvalue weighted by Gasteiger charge is -2.43. The molecule has 2 aliphatic rings. The van der Waals surface area contributed by atoms with Crippen LogP contribution in [0.15, 0.2) is 30.5 Å². The first-order valence-electron chi connectivity index (χ1n) is 14.1. The molecule has 0 bridgehead atoms. The number of hydrogen-bond acceptors (Lipinski definition) is 6. The van der Waals surface area contributed by atoms with Crippen LogP contribution in [-0.2, 0) is 19.9 Å². The average Bonchev–Trinajstić information content (AvgIpc) is 3.44. The number of benzene rings is 1. The van der Waals surface area contributed by atoms with Crippen LogP contribution < -0.4 is 10.1 Å². The van der Waals surface area contributed by atoms with E-state index in [-0.39, 0.29) is 34.4 Å². The first-order valence-corrected chi connectivity index (χ1v) is 14.5. The molecule has 1 aliphatic heterocycles. The van der Waals surface area contributed by atoms with E-state index in [0.717, 1.165) is 31.4 Å². The van der Waals surface area contributed by atoms with Crippen LogP contribution in [0.2, 0.25) is 5.02 Å². The second-order valence-corrected chi connectivity index (χ2v) is 11.8. The quantitative estimate of drug-likeness (QED) is 0.348. The minimum atomic E-state index is -3.09. The van der Waals surface area contributed by atoms with Crippen molar-refractivity contribution in [2.24, 2.45) is 11.8 Å². The summed E-state index contributed by atoms with van der Waals surface area (Å²) in [5, 5.41) is 17.6. The van der Waals surface area contributed by atoms with Gasteiger partial charge in [-0.3, -0.25) is 14.3 Å². The fraction of sp³-hybridized carbons (Fsp3) is 0.621. The molecule has 2 fully saturated rings. The highest BCUT2D eigenvalue weighted by Crippen LogP contribution is 2.38. The lowest BCUT2D eigenvalue weighted by Crippen LogP contribution is -2.55. The summed E-state index contributed by atoms with van der Waals surface area (Å²) in [7, 11) is 1.69. The summed E-state index contributed by atoms with van der Waals surface area (Å²) in [4.78, 5) is 28.5. The summed E-state index contributed by atoms with van der Waals surface area (Å²) < 4.78 is 38.0. The normalized spacial score (nSPS) is 22.0. The highest BCUT2D eigenvalue weighted by molar-refractivity contribution is 6.30. The number of aromatic nitrogens is 2. The van der Waals surface area contributed by atoms with Crippen molar-refractivity contribution in [1.82, 2.24) is 14.7 Å². The van der Waals surface area contributed by atoms with Crippen molar-refractivity contribution in [3.63, 3.8) is 0 Å². The number of carboxylic acid groups (broad SMARTS) is 1. The highest BCUT2D eigenvalue weighted by atomic mass is 35.5. The van der Waals surface area contributed by atoms with Crippen molar-refractivity contribution in [1.29, 1.82) is 0 Å². The summed E-state index contributed by atoms with van der Waals surface area (Å²) in [5.41, 5.74) is -0.166. The predicted octanol–water partition coefficient (Wildman–Crippen LogP) is 5.60. The number of nitrogens with one attached hydrogen (secondary N) is 1. The SMILES string of the molecule is COC1CCC([C@H](CN2CCC(C(=O)Nc3ccc(Cl)cc3OC(F)F)(n3nccc3C(C)C)CC2)C(=O)O)CC1. The minimum Gasteiger partial charge on any atom is -0.481 e. The third-order valence-electron chi connectivity index (χ3n) is 8.58. The second kappa shape index (κ2) is 13.5. The molecule has 0 spiro atoms. The number of halogens is 3. The number of ether oxygens (including phenoxy) is 2. The maximum absolute atomic E-state index is 14.1. The van der Waals surface area contributed by atoms with Crippen LogP contribution in [0.1, 0.15) is 64.0 Å². The lowest BCUT2D eigenvalue weighted by atomic mass is 9.78. The Kier molecular flexibility index (Phi) is 10.3. The second-order valence-electron chi connectivity index (χ2n) is 11.3. The molecule has 226 valence electrons. The Morgan fingerprint density at radius 2 is 1.85 bits per heavy atom. The van der Waals surface area contributed by atoms with Gasteiger partial charge in [0, 0.05) is 49.7 Å². The molecule has 1 aromatic heterocycles. The molecular formula is C29H39ClF2N4O5. The molecule has 0 unspecified atom stereocenters. The first kappa shape index (κ1) is 31.2. The van der Waals surface area contributed by atoms with Gasteiger partial charge in [-0.25, -0.2) is 0 Å². The van der Waals surface area contributed by atoms with E-state index < -0.39 is 29.9 Å². The van der Waals surface area contributed by atoms with Crippen molar-refractivity contribution in [2.45, 2.75) is 76.5 Å². The number of piperidine rings is 1. The monoisotopic (exact) mass is 596 g/mol. The Bertz CT molecular complexity index is 1190. The largest absolute Gasteiger partial charge is 0.481 e. The van der Waals surface area contributed by atoms with E-state index in [2.05, 4.69) is 20.1 Å². The zero-order valence-corrected chi connectivity index (χ0v) is 24.4. The number of hydrogen-bond donors (Lipinski definition) is 2. The number of carbonyl (C=O) groups excluding carboxylic acids is 1. The molecule has 0 radical (unpaired) electrons. The standard InChI is InChI=1S/C29H39ClF2N4O5/c1-18(2)24-10-13-33-36(24)29(27(39)34-23-9-6-20(30)16-25(23)41-28(31)32)11-14-35(15-12-29)17-22(26(37)38)19-4-7-21(40-3)8-5-19/h6,9-10,13,16,18-19,21-22,28H,4-5,7-8,11-12,14-15,17H2,1-3H3,(H,34,39)(H,37,38)/t19?,21?,22-/m0/s1. The fourth-order valence-electron chi connectivity index (χ4n) is 6.21. The Labute approximate surface area is 244 Å². The van der Waals surface area contributed by atoms with Gasteiger partial charge >= 0.3 is 12.6 Å². The van der Waals surface area contributed by atoms with Gasteiger partial charge in [-0.15, -0.1) is 0 Å². The molecular weight excluding hydrogens is 558 g/mol. The number of amides is 1. The Morgan fingerprint density at radius 1 is 1.17 bits per heavy atom. The van der Waals surface area contributed by atoms with Crippen LogP contribution >= 0.6 is 11.6 Å². The number of carbonyl (C=O) groups is 2. The van der Waals surface area contributed by atoms with E-state index >= 15 is 0 Å². The zero-order chi connectivity index (χ0) is 29.7. The number of likely N-dealkylation sites (tertiary alicyclic amines) is 1. The maximum Gasteiger partial charge on any atom is 0.387 e. The number of alkyl halides is 2. The molecule has 12 heteroatoms. The van der Waals surface area contributed by atoms with Crippen LogP contribution in [0.4, 0.5) is 14.5 Å². The summed E-state index contributed by atoms with van der Waals surface area (Å²) in [5.74, 6) is -1.79. The topological polar surface area (TPSA) is 106 Å². The number of methoxy groups -OCH3 is 1. The van der Waals surface area contributed by atoms with E-state index in [1.165, 1.54) is 18.2 Å². The molecule has 1 atom stereocenters. The molecule has 41 heavy (non-hydrogen) atoms. The van der Waals surface area contributed by atoms with Crippen molar-refractivity contribution in [3.05, 3.63) is 41.2 Å². The molecule has 1 saturated heterocycles. The summed E-state index contributed by atoms with van der Waals surface area (Å²) >= 11 is 5.99. The molecule has 1 aliphatic carbocycles. The van der Waals surface area contributed by atoms with Crippen LogP contribution in [0.5, 0.6) is 5.75 Å². The van der Waals surface area contributed by atoms with Crippen LogP contribution in [-0.4, -0.2) is 71.1 Å². The van der Waals surface area contributed by atoms with Crippen molar-refractivity contribution in [2.75, 3.05) is 32.1 Å². The van der Waals surface area contributed by atoms with Crippen LogP contribution in [0, 0.1) is 11.8 Å². The predicted molar refractivity (Wildman–Crippen MR) is 151 cm³/mol. The van der Waals surface area contributed by atoms with Gasteiger partial charge in [0.25, 0.3) is 5.91 Å². The van der Waals surface area contributed by atoms with E-state index in [0.29, 0.717) is 32.5 Å². The molecule has 9 nitrogen and oxygen atoms in total. The Morgan fingerprint density at radius 3 is 2.44 bits per heavy atom. The van der Waals surface area contributed by atoms with Crippen molar-refractivity contribution < 1.29 is 33.0 Å². The number of carboxylic acids is 1. The fourth-order valence-corrected chi connectivity index (χ4v) is 6.38. The molecule has 2 aromatic rings. The number of aliphatic carboxylic acids is 1. The van der Waals surface area contributed by atoms with Crippen molar-refractivity contribution in [3.8, 4) is 5.75 Å². The molecule has 2 heterocycles. The minimum absolute atomic E-state index is 0.0747. The first-order chi connectivity index (χ1) is 19.5. The highest BCUT2D eigenvalue weighted by Gasteiger charge is 2.46. The van der Waals surface area contributed by atoms with E-state index in [1.54, 1.807) is 18.0 Å². The molecule has 1 aromatic carbocycles. The van der Waals surface area contributed by atoms with Gasteiger partial charge < -0.3 is 24.8 Å². The number of nitrogens with zero attached hydrogens (tertiary/aromatic N) is 3. The summed E-state index contributed by atoms with van der Waals surface area (Å²) in [6.07, 6.45) is 5.90. The Balaban J connectivity index is 1.55. The van der Waals surface area contributed by atoms with E-state index in [4.69, 9.17) is 16.3 Å². The van der Waals surface area contributed by atoms with Gasteiger partial charge in [0.1, 0.15) is 5.54 Å². The summed E-state index contributed by atoms with van der Waals surface area (Å²) in [6.45, 7) is 2.28. The van der Waals surface area contributed by atoms with Crippen LogP contribution in [0.25, 0.3) is 0 Å². The van der Waals surface area contributed by atoms with Crippen LogP contribution in [0.3, 0.4) is 0 Å². The van der Waals surface area contributed by atoms with E-state index in [1.807, 2.05) is 19.9 Å². The molecule has 4 rings (SSSR count). The average molecular weight is 597 g/mol. The number of anilines is 1. The van der Waals surface area contributed by atoms with Gasteiger partial charge in [0.05, 0.1) is 17.7 Å². The smallest absolute Gasteiger partial charge is 0.387 e. The Hall–Kier alpha value is -2.76. The maximum atomic E-state index is 14.1. The van der Waals surface area contributed by atoms with Gasteiger partial charge in [0.2, 0.25) is 0 Å². The van der Waals surface area contributed by atoms with Crippen molar-refractivity contribution >= 4 is 29.2 Å². The third-order valence-corrected chi connectivity index (χ3v) is 8.81. The van der Waals surface area contributed by atoms with E-state index in [9.17, 15) is 23.5 Å². The van der Waals surface area contributed by atoms with Gasteiger partial charge in [-0.1, -0.05) is 25.4 Å². The summed E-state index contributed by atoms with van der Waals surface area (Å²) in [6, 6.07) is 6.03.